The van der Waals surface area contributed by atoms with Crippen LogP contribution in [0.25, 0.3) is 11.2 Å². The highest BCUT2D eigenvalue weighted by Crippen LogP contribution is 2.32. The van der Waals surface area contributed by atoms with Gasteiger partial charge >= 0.3 is 0 Å². The number of rotatable bonds is 8. The Kier molecular flexibility index (Phi) is 7.10. The number of amides is 2. The average molecular weight is 486 g/mol. The Hall–Kier alpha value is -3.81. The van der Waals surface area contributed by atoms with Gasteiger partial charge in [0.25, 0.3) is 0 Å². The number of imidazole rings is 1. The van der Waals surface area contributed by atoms with E-state index in [2.05, 4.69) is 25.6 Å². The van der Waals surface area contributed by atoms with E-state index < -0.39 is 43.0 Å². The van der Waals surface area contributed by atoms with E-state index in [-0.39, 0.29) is 18.1 Å². The number of benzene rings is 1. The number of hydrogen-bond donors (Lipinski definition) is 5. The molecule has 0 aliphatic carbocycles. The Labute approximate surface area is 200 Å². The summed E-state index contributed by atoms with van der Waals surface area (Å²) in [5.74, 6) is -0.0942. The fraction of sp³-hybridized carbons (Fsp3) is 0.409. The lowest BCUT2D eigenvalue weighted by Crippen LogP contribution is -2.55. The van der Waals surface area contributed by atoms with Crippen molar-refractivity contribution in [2.45, 2.75) is 43.9 Å². The third kappa shape index (κ3) is 5.01. The first-order chi connectivity index (χ1) is 16.8. The number of anilines is 1. The fourth-order valence-corrected chi connectivity index (χ4v) is 4.08. The average Bonchev–Trinajstić information content (AvgIpc) is 3.40. The van der Waals surface area contributed by atoms with Crippen LogP contribution in [0.1, 0.15) is 18.7 Å². The molecule has 2 amide bonds. The van der Waals surface area contributed by atoms with Gasteiger partial charge in [0.2, 0.25) is 11.8 Å². The SMILES string of the molecule is COc1ccc(C[C@H](NC(C)=O)C(=O)N[C@H]2[C@@H](O)[C@H](n3cnc4c(N)ncnc43)O[C@@H]2CO)cc1. The van der Waals surface area contributed by atoms with Crippen molar-refractivity contribution in [1.82, 2.24) is 30.2 Å². The van der Waals surface area contributed by atoms with Gasteiger partial charge in [-0.3, -0.25) is 14.2 Å². The smallest absolute Gasteiger partial charge is 0.243 e. The fourth-order valence-electron chi connectivity index (χ4n) is 4.08. The second kappa shape index (κ2) is 10.2. The highest BCUT2D eigenvalue weighted by Gasteiger charge is 2.46. The lowest BCUT2D eigenvalue weighted by atomic mass is 10.0. The lowest BCUT2D eigenvalue weighted by Gasteiger charge is -2.24. The zero-order valence-electron chi connectivity index (χ0n) is 19.2. The molecular formula is C22H27N7O6. The summed E-state index contributed by atoms with van der Waals surface area (Å²) in [6, 6.07) is 5.20. The molecule has 2 aromatic heterocycles. The number of nitrogen functional groups attached to an aromatic ring is 1. The zero-order chi connectivity index (χ0) is 25.1. The quantitative estimate of drug-likeness (QED) is 0.262. The van der Waals surface area contributed by atoms with Gasteiger partial charge in [0.1, 0.15) is 35.8 Å². The summed E-state index contributed by atoms with van der Waals surface area (Å²) >= 11 is 0. The molecule has 186 valence electrons. The molecule has 5 atom stereocenters. The molecule has 0 unspecified atom stereocenters. The monoisotopic (exact) mass is 485 g/mol. The maximum Gasteiger partial charge on any atom is 0.243 e. The molecule has 4 rings (SSSR count). The summed E-state index contributed by atoms with van der Waals surface area (Å²) in [4.78, 5) is 37.1. The molecule has 0 saturated carbocycles. The number of aliphatic hydroxyl groups excluding tert-OH is 2. The van der Waals surface area contributed by atoms with Crippen LogP contribution in [-0.4, -0.2) is 79.6 Å². The van der Waals surface area contributed by atoms with Crippen LogP contribution in [0, 0.1) is 0 Å². The molecule has 3 aromatic rings. The Morgan fingerprint density at radius 1 is 1.26 bits per heavy atom. The van der Waals surface area contributed by atoms with E-state index in [9.17, 15) is 19.8 Å². The topological polar surface area (TPSA) is 187 Å². The molecular weight excluding hydrogens is 458 g/mol. The summed E-state index contributed by atoms with van der Waals surface area (Å²) in [7, 11) is 1.55. The highest BCUT2D eigenvalue weighted by molar-refractivity contribution is 5.87. The number of aliphatic hydroxyl groups is 2. The van der Waals surface area contributed by atoms with E-state index in [0.717, 1.165) is 5.56 Å². The van der Waals surface area contributed by atoms with E-state index in [4.69, 9.17) is 15.2 Å². The number of carbonyl (C=O) groups excluding carboxylic acids is 2. The number of carbonyl (C=O) groups is 2. The maximum absolute atomic E-state index is 13.2. The van der Waals surface area contributed by atoms with Gasteiger partial charge in [-0.1, -0.05) is 12.1 Å². The first-order valence-electron chi connectivity index (χ1n) is 10.9. The molecule has 13 heteroatoms. The van der Waals surface area contributed by atoms with Crippen molar-refractivity contribution < 1.29 is 29.3 Å². The first kappa shape index (κ1) is 24.3. The minimum Gasteiger partial charge on any atom is -0.497 e. The van der Waals surface area contributed by atoms with Gasteiger partial charge < -0.3 is 36.1 Å². The van der Waals surface area contributed by atoms with E-state index in [1.54, 1.807) is 31.4 Å². The number of ether oxygens (including phenoxy) is 2. The second-order valence-electron chi connectivity index (χ2n) is 8.16. The number of nitrogens with one attached hydrogen (secondary N) is 2. The van der Waals surface area contributed by atoms with Crippen LogP contribution < -0.4 is 21.1 Å². The lowest BCUT2D eigenvalue weighted by molar-refractivity contribution is -0.129. The van der Waals surface area contributed by atoms with Crippen molar-refractivity contribution in [2.75, 3.05) is 19.5 Å². The van der Waals surface area contributed by atoms with Gasteiger partial charge in [-0.25, -0.2) is 15.0 Å². The summed E-state index contributed by atoms with van der Waals surface area (Å²) in [6.07, 6.45) is -0.326. The van der Waals surface area contributed by atoms with Gasteiger partial charge in [0.15, 0.2) is 17.7 Å². The Bertz CT molecular complexity index is 1200. The van der Waals surface area contributed by atoms with Crippen LogP contribution in [0.3, 0.4) is 0 Å². The van der Waals surface area contributed by atoms with Crippen molar-refractivity contribution in [3.63, 3.8) is 0 Å². The number of nitrogens with two attached hydrogens (primary N) is 1. The van der Waals surface area contributed by atoms with Gasteiger partial charge in [0.05, 0.1) is 26.1 Å². The van der Waals surface area contributed by atoms with Crippen molar-refractivity contribution in [3.05, 3.63) is 42.5 Å². The van der Waals surface area contributed by atoms with Crippen LogP contribution in [0.15, 0.2) is 36.9 Å². The Balaban J connectivity index is 1.53. The summed E-state index contributed by atoms with van der Waals surface area (Å²) in [5, 5.41) is 26.3. The van der Waals surface area contributed by atoms with Crippen LogP contribution >= 0.6 is 0 Å². The van der Waals surface area contributed by atoms with Crippen LogP contribution in [0.5, 0.6) is 5.75 Å². The van der Waals surface area contributed by atoms with E-state index in [1.165, 1.54) is 24.1 Å². The highest BCUT2D eigenvalue weighted by atomic mass is 16.5. The normalized spacial score (nSPS) is 22.6. The molecule has 13 nitrogen and oxygen atoms in total. The van der Waals surface area contributed by atoms with E-state index in [0.29, 0.717) is 16.9 Å². The van der Waals surface area contributed by atoms with Gasteiger partial charge in [0, 0.05) is 13.3 Å². The standard InChI is InChI=1S/C22H27N7O6/c1-11(31)27-14(7-12-3-5-13(34-2)6-4-12)21(33)28-16-15(8-30)35-22(18(16)32)29-10-26-17-19(23)24-9-25-20(17)29/h3-6,9-10,14-16,18,22,30,32H,7-8H2,1-2H3,(H,27,31)(H,28,33)(H2,23,24,25)/t14-,15+,16+,18+,22+/m0/s1. The number of fused-ring (bicyclic) bond motifs is 1. The van der Waals surface area contributed by atoms with Crippen LogP contribution in [0.2, 0.25) is 0 Å². The van der Waals surface area contributed by atoms with Crippen LogP contribution in [-0.2, 0) is 20.7 Å². The Morgan fingerprint density at radius 2 is 2.00 bits per heavy atom. The van der Waals surface area contributed by atoms with Gasteiger partial charge in [-0.15, -0.1) is 0 Å². The summed E-state index contributed by atoms with van der Waals surface area (Å²) in [5.41, 5.74) is 7.30. The molecule has 1 aliphatic rings. The maximum atomic E-state index is 13.2. The number of nitrogens with zero attached hydrogens (tertiary/aromatic N) is 4. The van der Waals surface area contributed by atoms with Crippen molar-refractivity contribution >= 4 is 28.8 Å². The minimum absolute atomic E-state index is 0.168. The predicted molar refractivity (Wildman–Crippen MR) is 123 cm³/mol. The third-order valence-corrected chi connectivity index (χ3v) is 5.82. The molecule has 0 bridgehead atoms. The molecule has 35 heavy (non-hydrogen) atoms. The summed E-state index contributed by atoms with van der Waals surface area (Å²) < 4.78 is 12.5. The number of aromatic nitrogens is 4. The number of hydrogen-bond acceptors (Lipinski definition) is 10. The summed E-state index contributed by atoms with van der Waals surface area (Å²) in [6.45, 7) is 0.845. The van der Waals surface area contributed by atoms with Crippen LogP contribution in [0.4, 0.5) is 5.82 Å². The molecule has 0 spiro atoms. The van der Waals surface area contributed by atoms with Gasteiger partial charge in [-0.2, -0.15) is 0 Å². The van der Waals surface area contributed by atoms with Crippen molar-refractivity contribution in [1.29, 1.82) is 0 Å². The minimum atomic E-state index is -1.26. The first-order valence-corrected chi connectivity index (χ1v) is 10.9. The molecule has 0 radical (unpaired) electrons. The third-order valence-electron chi connectivity index (χ3n) is 5.82. The molecule has 1 aromatic carbocycles. The van der Waals surface area contributed by atoms with Gasteiger partial charge in [-0.05, 0) is 17.7 Å². The van der Waals surface area contributed by atoms with E-state index >= 15 is 0 Å². The van der Waals surface area contributed by atoms with Crippen molar-refractivity contribution in [3.8, 4) is 5.75 Å². The van der Waals surface area contributed by atoms with Crippen molar-refractivity contribution in [2.24, 2.45) is 0 Å². The second-order valence-corrected chi connectivity index (χ2v) is 8.16. The molecule has 6 N–H and O–H groups in total. The molecule has 3 heterocycles. The molecule has 1 saturated heterocycles. The van der Waals surface area contributed by atoms with E-state index in [1.807, 2.05) is 0 Å². The number of methoxy groups -OCH3 is 1. The molecule has 1 fully saturated rings. The molecule has 1 aliphatic heterocycles. The predicted octanol–water partition coefficient (Wildman–Crippen LogP) is -1.10. The largest absolute Gasteiger partial charge is 0.497 e. The zero-order valence-corrected chi connectivity index (χ0v) is 19.2. The Morgan fingerprint density at radius 3 is 2.66 bits per heavy atom.